The number of amides is 3. The molecule has 4 N–H and O–H groups in total. The monoisotopic (exact) mass is 878 g/mol. The van der Waals surface area contributed by atoms with Gasteiger partial charge < -0.3 is 39.4 Å². The molecule has 6 bridgehead atoms. The normalized spacial score (nSPS) is 19.4. The molecule has 342 valence electrons. The number of esters is 1. The van der Waals surface area contributed by atoms with Gasteiger partial charge in [0, 0.05) is 74.7 Å². The van der Waals surface area contributed by atoms with E-state index in [4.69, 9.17) is 19.2 Å². The van der Waals surface area contributed by atoms with Crippen LogP contribution in [-0.4, -0.2) is 119 Å². The number of ether oxygens (including phenoxy) is 3. The second-order valence-electron chi connectivity index (χ2n) is 18.1. The van der Waals surface area contributed by atoms with Gasteiger partial charge in [0.15, 0.2) is 0 Å². The second-order valence-corrected chi connectivity index (χ2v) is 18.1. The van der Waals surface area contributed by atoms with Crippen molar-refractivity contribution in [3.63, 3.8) is 0 Å². The Bertz CT molecular complexity index is 2410. The Morgan fingerprint density at radius 1 is 1.11 bits per heavy atom. The molecule has 1 unspecified atom stereocenters. The number of benzene rings is 2. The van der Waals surface area contributed by atoms with E-state index in [1.54, 1.807) is 32.5 Å². The molecule has 3 amide bonds. The number of phenols is 1. The minimum atomic E-state index is -1.14. The average molecular weight is 879 g/mol. The van der Waals surface area contributed by atoms with Crippen molar-refractivity contribution in [3.05, 3.63) is 71.5 Å². The number of carbonyl (C=O) groups excluding carboxylic acids is 4. The maximum absolute atomic E-state index is 14.6. The first-order valence-electron chi connectivity index (χ1n) is 22.3. The summed E-state index contributed by atoms with van der Waals surface area (Å²) in [6.45, 7) is 12.7. The number of hydrogen-bond donors (Lipinski definition) is 4. The van der Waals surface area contributed by atoms with Crippen LogP contribution in [0.15, 0.2) is 59.7 Å². The predicted octanol–water partition coefficient (Wildman–Crippen LogP) is 4.74. The molecule has 2 aromatic carbocycles. The lowest BCUT2D eigenvalue weighted by Gasteiger charge is -2.36. The second kappa shape index (κ2) is 19.8. The zero-order valence-electron chi connectivity index (χ0n) is 38.0. The summed E-state index contributed by atoms with van der Waals surface area (Å²) in [6, 6.07) is 13.0. The van der Waals surface area contributed by atoms with Gasteiger partial charge in [-0.15, -0.1) is 0 Å². The van der Waals surface area contributed by atoms with Crippen LogP contribution < -0.4 is 16.1 Å². The number of fused-ring (bicyclic) bond motifs is 6. The summed E-state index contributed by atoms with van der Waals surface area (Å²) >= 11 is 0. The van der Waals surface area contributed by atoms with Crippen molar-refractivity contribution in [2.75, 3.05) is 47.0 Å². The number of aryl methyl sites for hydroxylation is 1. The Morgan fingerprint density at radius 2 is 1.92 bits per heavy atom. The van der Waals surface area contributed by atoms with Gasteiger partial charge in [0.05, 0.1) is 31.1 Å². The fourth-order valence-electron chi connectivity index (χ4n) is 9.15. The van der Waals surface area contributed by atoms with Crippen LogP contribution in [0.3, 0.4) is 0 Å². The maximum atomic E-state index is 14.6. The first kappa shape index (κ1) is 46.0. The summed E-state index contributed by atoms with van der Waals surface area (Å²) in [5, 5.41) is 19.7. The molecule has 4 aromatic rings. The molecule has 16 nitrogen and oxygen atoms in total. The first-order valence-corrected chi connectivity index (χ1v) is 22.3. The van der Waals surface area contributed by atoms with Crippen molar-refractivity contribution in [1.29, 1.82) is 0 Å². The zero-order valence-corrected chi connectivity index (χ0v) is 38.0. The number of likely N-dealkylation sites (N-methyl/N-ethyl adjacent to an activating group) is 1. The standard InChI is InChI=1S/C48H62N8O8/c1-8-55-40-14-13-31-25-35(40)36(43(55)34-11-9-16-49-39(34)27-62-7)26-48(4,5)28-64-46(61)37-12-10-19-56(53-37)45(60)38(23-30-21-32(31)24-33(57)22-30)52-44(59)42(29(2)3)54(6)41(58)15-17-50-47-51-18-20-63-47/h9,11,13-14,16,21-22,24-25,29,37-38,42,53,57H,8,10,12,15,17-20,23,26-28H2,1-7H3,(H,50,51)(H,52,59)/t37-,38-,42?/m0/s1. The third-order valence-electron chi connectivity index (χ3n) is 12.2. The van der Waals surface area contributed by atoms with Gasteiger partial charge in [0.2, 0.25) is 11.8 Å². The van der Waals surface area contributed by atoms with Gasteiger partial charge in [0.25, 0.3) is 11.9 Å². The molecule has 3 atom stereocenters. The van der Waals surface area contributed by atoms with Crippen LogP contribution in [-0.2, 0) is 59.4 Å². The minimum absolute atomic E-state index is 0.000798. The Morgan fingerprint density at radius 3 is 2.66 bits per heavy atom. The number of rotatable bonds is 11. The number of carbonyl (C=O) groups is 4. The maximum Gasteiger partial charge on any atom is 0.324 e. The summed E-state index contributed by atoms with van der Waals surface area (Å²) in [6.07, 6.45) is 3.39. The molecule has 7 rings (SSSR count). The summed E-state index contributed by atoms with van der Waals surface area (Å²) in [5.74, 6) is -2.02. The Hall–Kier alpha value is -6.00. The van der Waals surface area contributed by atoms with Crippen molar-refractivity contribution in [1.82, 2.24) is 35.5 Å². The number of nitrogens with zero attached hydrogens (tertiary/aromatic N) is 5. The molecule has 0 radical (unpaired) electrons. The summed E-state index contributed by atoms with van der Waals surface area (Å²) in [5.41, 5.74) is 9.62. The van der Waals surface area contributed by atoms with Crippen LogP contribution in [0.25, 0.3) is 33.3 Å². The number of hydrazine groups is 1. The minimum Gasteiger partial charge on any atom is -0.508 e. The Labute approximate surface area is 374 Å². The van der Waals surface area contributed by atoms with Gasteiger partial charge in [0.1, 0.15) is 30.5 Å². The molecule has 16 heteroatoms. The summed E-state index contributed by atoms with van der Waals surface area (Å²) in [7, 11) is 3.24. The molecule has 1 saturated heterocycles. The topological polar surface area (TPSA) is 189 Å². The van der Waals surface area contributed by atoms with E-state index in [1.807, 2.05) is 32.0 Å². The average Bonchev–Trinajstić information content (AvgIpc) is 3.90. The fraction of sp³-hybridized carbons (Fsp3) is 0.500. The van der Waals surface area contributed by atoms with Gasteiger partial charge in [-0.2, -0.15) is 0 Å². The molecule has 0 aliphatic carbocycles. The molecule has 3 aliphatic rings. The Balaban J connectivity index is 1.28. The Kier molecular flexibility index (Phi) is 14.2. The van der Waals surface area contributed by atoms with E-state index in [0.717, 1.165) is 44.5 Å². The van der Waals surface area contributed by atoms with Gasteiger partial charge in [-0.1, -0.05) is 39.8 Å². The first-order chi connectivity index (χ1) is 30.7. The smallest absolute Gasteiger partial charge is 0.324 e. The van der Waals surface area contributed by atoms with Gasteiger partial charge in [-0.05, 0) is 90.8 Å². The van der Waals surface area contributed by atoms with E-state index in [2.05, 4.69) is 64.6 Å². The largest absolute Gasteiger partial charge is 0.508 e. The fourth-order valence-corrected chi connectivity index (χ4v) is 9.15. The number of nitrogens with one attached hydrogen (secondary N) is 3. The molecule has 1 fully saturated rings. The van der Waals surface area contributed by atoms with E-state index in [9.17, 15) is 24.3 Å². The van der Waals surface area contributed by atoms with E-state index >= 15 is 0 Å². The number of hydrogen-bond acceptors (Lipinski definition) is 12. The number of pyridine rings is 1. The number of phenolic OH excluding ortho intramolecular Hbond substituents is 1. The molecular weight excluding hydrogens is 817 g/mol. The zero-order chi connectivity index (χ0) is 45.7. The van der Waals surface area contributed by atoms with Crippen molar-refractivity contribution < 1.29 is 38.5 Å². The molecule has 3 aliphatic heterocycles. The number of aliphatic imine (C=N–C) groups is 1. The quantitative estimate of drug-likeness (QED) is 0.153. The lowest BCUT2D eigenvalue weighted by molar-refractivity contribution is -0.155. The lowest BCUT2D eigenvalue weighted by Crippen LogP contribution is -2.62. The highest BCUT2D eigenvalue weighted by Gasteiger charge is 2.38. The highest BCUT2D eigenvalue weighted by Crippen LogP contribution is 2.41. The van der Waals surface area contributed by atoms with Crippen LogP contribution >= 0.6 is 0 Å². The molecule has 5 heterocycles. The highest BCUT2D eigenvalue weighted by molar-refractivity contribution is 5.96. The van der Waals surface area contributed by atoms with E-state index < -0.39 is 41.3 Å². The third-order valence-corrected chi connectivity index (χ3v) is 12.2. The lowest BCUT2D eigenvalue weighted by atomic mass is 9.84. The summed E-state index contributed by atoms with van der Waals surface area (Å²) in [4.78, 5) is 66.6. The van der Waals surface area contributed by atoms with Crippen molar-refractivity contribution in [2.45, 2.75) is 98.0 Å². The number of amidine groups is 1. The van der Waals surface area contributed by atoms with Gasteiger partial charge >= 0.3 is 5.97 Å². The van der Waals surface area contributed by atoms with Crippen LogP contribution in [0, 0.1) is 11.3 Å². The van der Waals surface area contributed by atoms with Crippen molar-refractivity contribution in [2.24, 2.45) is 16.3 Å². The van der Waals surface area contributed by atoms with Crippen molar-refractivity contribution >= 4 is 40.6 Å². The van der Waals surface area contributed by atoms with Crippen LogP contribution in [0.5, 0.6) is 5.75 Å². The van der Waals surface area contributed by atoms with Gasteiger partial charge in [-0.25, -0.2) is 10.4 Å². The molecule has 0 spiro atoms. The van der Waals surface area contributed by atoms with Crippen LogP contribution in [0.1, 0.15) is 70.7 Å². The third kappa shape index (κ3) is 10.2. The molecule has 2 aromatic heterocycles. The number of aromatic nitrogens is 2. The highest BCUT2D eigenvalue weighted by atomic mass is 16.5. The van der Waals surface area contributed by atoms with Crippen LogP contribution in [0.4, 0.5) is 0 Å². The summed E-state index contributed by atoms with van der Waals surface area (Å²) < 4.78 is 19.4. The number of aromatic hydroxyl groups is 1. The van der Waals surface area contributed by atoms with Crippen LogP contribution in [0.2, 0.25) is 0 Å². The molecule has 0 saturated carbocycles. The van der Waals surface area contributed by atoms with E-state index in [-0.39, 0.29) is 43.6 Å². The van der Waals surface area contributed by atoms with E-state index in [1.165, 1.54) is 9.91 Å². The molecular formula is C48H62N8O8. The van der Waals surface area contributed by atoms with E-state index in [0.29, 0.717) is 63.7 Å². The molecule has 64 heavy (non-hydrogen) atoms. The van der Waals surface area contributed by atoms with Crippen molar-refractivity contribution in [3.8, 4) is 28.1 Å². The van der Waals surface area contributed by atoms with Gasteiger partial charge in [-0.3, -0.25) is 29.2 Å². The number of methoxy groups -OCH3 is 1. The number of cyclic esters (lactones) is 1. The SMILES string of the molecule is CCn1c(-c2cccnc2COC)c2c3cc(ccc31)-c1cc(O)cc(c1)C[C@H](NC(=O)C(C(C)C)N(C)C(=O)CCNC1=NCCO1)C(=O)N1CCC[C@H](N1)C(=O)OCC(C)(C)C2. The predicted molar refractivity (Wildman–Crippen MR) is 243 cm³/mol.